The second-order valence-electron chi connectivity index (χ2n) is 5.70. The van der Waals surface area contributed by atoms with Crippen LogP contribution < -0.4 is 10.6 Å². The van der Waals surface area contributed by atoms with E-state index in [1.807, 2.05) is 0 Å². The summed E-state index contributed by atoms with van der Waals surface area (Å²) in [4.78, 5) is 0. The third kappa shape index (κ3) is 2.85. The van der Waals surface area contributed by atoms with Crippen LogP contribution in [-0.2, 0) is 0 Å². The van der Waals surface area contributed by atoms with Crippen molar-refractivity contribution in [3.8, 4) is 0 Å². The fraction of sp³-hybridized carbons (Fsp3) is 0.143. The van der Waals surface area contributed by atoms with Gasteiger partial charge < -0.3 is 0 Å². The van der Waals surface area contributed by atoms with Gasteiger partial charge >= 0.3 is 0 Å². The predicted molar refractivity (Wildman–Crippen MR) is 99.5 cm³/mol. The van der Waals surface area contributed by atoms with Crippen molar-refractivity contribution in [1.82, 2.24) is 0 Å². The van der Waals surface area contributed by atoms with E-state index in [9.17, 15) is 0 Å². The zero-order valence-corrected chi connectivity index (χ0v) is 14.1. The van der Waals surface area contributed by atoms with Crippen LogP contribution >= 0.6 is 7.92 Å². The van der Waals surface area contributed by atoms with E-state index < -0.39 is 7.92 Å². The summed E-state index contributed by atoms with van der Waals surface area (Å²) in [5.74, 6) is 0. The van der Waals surface area contributed by atoms with Crippen molar-refractivity contribution >= 4 is 18.5 Å². The number of allylic oxidation sites excluding steroid dienone is 5. The largest absolute Gasteiger partial charge is 0.0949 e. The van der Waals surface area contributed by atoms with E-state index in [0.717, 1.165) is 6.42 Å². The van der Waals surface area contributed by atoms with Crippen LogP contribution in [0.2, 0.25) is 0 Å². The average molecular weight is 304 g/mol. The molecule has 0 heterocycles. The van der Waals surface area contributed by atoms with Crippen LogP contribution in [0.4, 0.5) is 0 Å². The Bertz CT molecular complexity index is 719. The van der Waals surface area contributed by atoms with Gasteiger partial charge in [0.25, 0.3) is 0 Å². The van der Waals surface area contributed by atoms with Crippen molar-refractivity contribution in [3.05, 3.63) is 95.4 Å². The van der Waals surface area contributed by atoms with Gasteiger partial charge in [-0.15, -0.1) is 0 Å². The molecule has 22 heavy (non-hydrogen) atoms. The summed E-state index contributed by atoms with van der Waals surface area (Å²) in [6.45, 7) is 8.75. The lowest BCUT2D eigenvalue weighted by Crippen LogP contribution is -2.18. The van der Waals surface area contributed by atoms with Gasteiger partial charge in [0, 0.05) is 0 Å². The molecule has 0 nitrogen and oxygen atoms in total. The minimum absolute atomic E-state index is 0.540. The molecule has 0 unspecified atom stereocenters. The van der Waals surface area contributed by atoms with Gasteiger partial charge in [-0.3, -0.25) is 0 Å². The van der Waals surface area contributed by atoms with Crippen LogP contribution in [-0.4, -0.2) is 0 Å². The first-order valence-electron chi connectivity index (χ1n) is 7.65. The monoisotopic (exact) mass is 304 g/mol. The standard InChI is InChI=1S/C21H21P/c1-16-10-4-7-13-19(16)22(20-14-8-5-11-17(20)2)21-15-9-6-12-18(21)3/h4-9,11-15H,1,10H2,2-3H3. The van der Waals surface area contributed by atoms with E-state index in [0.29, 0.717) is 0 Å². The van der Waals surface area contributed by atoms with Crippen molar-refractivity contribution in [1.29, 1.82) is 0 Å². The predicted octanol–water partition coefficient (Wildman–Crippen LogP) is 5.14. The van der Waals surface area contributed by atoms with Gasteiger partial charge in [0.1, 0.15) is 0 Å². The first kappa shape index (κ1) is 15.0. The van der Waals surface area contributed by atoms with Crippen LogP contribution in [0.15, 0.2) is 84.2 Å². The number of hydrogen-bond acceptors (Lipinski definition) is 0. The molecular weight excluding hydrogens is 283 g/mol. The van der Waals surface area contributed by atoms with Crippen molar-refractivity contribution in [2.75, 3.05) is 0 Å². The molecule has 0 atom stereocenters. The highest BCUT2D eigenvalue weighted by Gasteiger charge is 2.23. The molecule has 1 aliphatic rings. The Labute approximate surface area is 134 Å². The molecule has 110 valence electrons. The highest BCUT2D eigenvalue weighted by Crippen LogP contribution is 2.49. The van der Waals surface area contributed by atoms with E-state index in [4.69, 9.17) is 0 Å². The lowest BCUT2D eigenvalue weighted by molar-refractivity contribution is 1.26. The smallest absolute Gasteiger partial charge is 0.00936 e. The Kier molecular flexibility index (Phi) is 4.41. The molecule has 2 aromatic carbocycles. The molecule has 0 saturated heterocycles. The Morgan fingerprint density at radius 1 is 0.864 bits per heavy atom. The van der Waals surface area contributed by atoms with Gasteiger partial charge in [0.15, 0.2) is 0 Å². The summed E-state index contributed by atoms with van der Waals surface area (Å²) in [5, 5.41) is 4.28. The molecule has 2 aromatic rings. The van der Waals surface area contributed by atoms with Gasteiger partial charge in [-0.25, -0.2) is 0 Å². The molecule has 0 fully saturated rings. The minimum Gasteiger partial charge on any atom is -0.0949 e. The van der Waals surface area contributed by atoms with E-state index in [-0.39, 0.29) is 0 Å². The highest BCUT2D eigenvalue weighted by atomic mass is 31.1. The maximum atomic E-state index is 4.32. The molecule has 0 radical (unpaired) electrons. The molecule has 3 rings (SSSR count). The minimum atomic E-state index is -0.540. The van der Waals surface area contributed by atoms with E-state index in [2.05, 4.69) is 87.2 Å². The second-order valence-corrected chi connectivity index (χ2v) is 7.81. The number of aryl methyl sites for hydroxylation is 2. The summed E-state index contributed by atoms with van der Waals surface area (Å²) >= 11 is 0. The van der Waals surface area contributed by atoms with Crippen molar-refractivity contribution in [2.24, 2.45) is 0 Å². The van der Waals surface area contributed by atoms with Crippen molar-refractivity contribution < 1.29 is 0 Å². The zero-order valence-electron chi connectivity index (χ0n) is 13.2. The third-order valence-electron chi connectivity index (χ3n) is 4.07. The van der Waals surface area contributed by atoms with E-state index >= 15 is 0 Å². The molecule has 0 spiro atoms. The van der Waals surface area contributed by atoms with Crippen LogP contribution in [0.25, 0.3) is 0 Å². The molecule has 0 saturated carbocycles. The molecule has 1 heteroatoms. The van der Waals surface area contributed by atoms with Gasteiger partial charge in [-0.2, -0.15) is 0 Å². The fourth-order valence-corrected chi connectivity index (χ4v) is 5.59. The van der Waals surface area contributed by atoms with Gasteiger partial charge in [0.2, 0.25) is 0 Å². The number of rotatable bonds is 3. The average Bonchev–Trinajstić information content (AvgIpc) is 2.53. The van der Waals surface area contributed by atoms with Crippen LogP contribution in [0.1, 0.15) is 17.5 Å². The van der Waals surface area contributed by atoms with Gasteiger partial charge in [-0.05, 0) is 60.8 Å². The lowest BCUT2D eigenvalue weighted by Gasteiger charge is -2.27. The first-order valence-corrected chi connectivity index (χ1v) is 8.99. The Morgan fingerprint density at radius 3 is 1.91 bits per heavy atom. The van der Waals surface area contributed by atoms with Gasteiger partial charge in [-0.1, -0.05) is 73.3 Å². The maximum Gasteiger partial charge on any atom is -0.00936 e. The molecule has 1 aliphatic carbocycles. The highest BCUT2D eigenvalue weighted by molar-refractivity contribution is 7.77. The molecule has 0 amide bonds. The Hall–Kier alpha value is -1.91. The SMILES string of the molecule is C=C1CC=CC=C1P(c1ccccc1C)c1ccccc1C. The summed E-state index contributed by atoms with van der Waals surface area (Å²) in [6.07, 6.45) is 7.59. The van der Waals surface area contributed by atoms with Crippen molar-refractivity contribution in [2.45, 2.75) is 20.3 Å². The van der Waals surface area contributed by atoms with Crippen LogP contribution in [0.5, 0.6) is 0 Å². The second kappa shape index (κ2) is 6.46. The summed E-state index contributed by atoms with van der Waals surface area (Å²) in [5.41, 5.74) is 3.97. The summed E-state index contributed by atoms with van der Waals surface area (Å²) < 4.78 is 0. The summed E-state index contributed by atoms with van der Waals surface area (Å²) in [7, 11) is -0.540. The maximum absolute atomic E-state index is 4.32. The normalized spacial score (nSPS) is 14.3. The fourth-order valence-electron chi connectivity index (χ4n) is 2.84. The molecule has 0 bridgehead atoms. The Morgan fingerprint density at radius 2 is 1.41 bits per heavy atom. The Balaban J connectivity index is 2.22. The molecule has 0 N–H and O–H groups in total. The van der Waals surface area contributed by atoms with Crippen molar-refractivity contribution in [3.63, 3.8) is 0 Å². The van der Waals surface area contributed by atoms with Gasteiger partial charge in [0.05, 0.1) is 0 Å². The first-order chi connectivity index (χ1) is 10.7. The number of hydrogen-bond donors (Lipinski definition) is 0. The topological polar surface area (TPSA) is 0 Å². The van der Waals surface area contributed by atoms with E-state index in [1.165, 1.54) is 32.6 Å². The van der Waals surface area contributed by atoms with Crippen LogP contribution in [0.3, 0.4) is 0 Å². The quantitative estimate of drug-likeness (QED) is 0.689. The number of benzene rings is 2. The van der Waals surface area contributed by atoms with E-state index in [1.54, 1.807) is 0 Å². The third-order valence-corrected chi connectivity index (χ3v) is 6.98. The van der Waals surface area contributed by atoms with Crippen LogP contribution in [0, 0.1) is 13.8 Å². The zero-order chi connectivity index (χ0) is 15.5. The molecular formula is C21H21P. The lowest BCUT2D eigenvalue weighted by atomic mass is 10.1. The summed E-state index contributed by atoms with van der Waals surface area (Å²) in [6, 6.07) is 17.5. The molecule has 0 aliphatic heterocycles. The molecule has 0 aromatic heterocycles.